The third-order valence-electron chi connectivity index (χ3n) is 3.27. The maximum absolute atomic E-state index is 4.45. The van der Waals surface area contributed by atoms with Crippen LogP contribution in [0.25, 0.3) is 0 Å². The zero-order chi connectivity index (χ0) is 13.4. The van der Waals surface area contributed by atoms with Crippen LogP contribution in [0, 0.1) is 0 Å². The molecule has 0 amide bonds. The van der Waals surface area contributed by atoms with Crippen molar-refractivity contribution in [3.8, 4) is 0 Å². The number of aromatic nitrogens is 1. The second-order valence-corrected chi connectivity index (χ2v) is 5.02. The molecule has 0 radical (unpaired) electrons. The summed E-state index contributed by atoms with van der Waals surface area (Å²) in [5.41, 5.74) is 2.32. The predicted molar refractivity (Wildman–Crippen MR) is 78.9 cm³/mol. The predicted octanol–water partition coefficient (Wildman–Crippen LogP) is 3.52. The highest BCUT2D eigenvalue weighted by molar-refractivity contribution is 5.43. The molecule has 0 aliphatic carbocycles. The van der Waals surface area contributed by atoms with Gasteiger partial charge in [0.05, 0.1) is 5.69 Å². The lowest BCUT2D eigenvalue weighted by Gasteiger charge is -2.24. The number of hydrogen-bond donors (Lipinski definition) is 1. The molecule has 3 heteroatoms. The molecule has 102 valence electrons. The van der Waals surface area contributed by atoms with E-state index < -0.39 is 0 Å². The summed E-state index contributed by atoms with van der Waals surface area (Å²) in [6, 6.07) is 4.81. The van der Waals surface area contributed by atoms with Gasteiger partial charge in [0.1, 0.15) is 0 Å². The Morgan fingerprint density at radius 1 is 1.33 bits per heavy atom. The summed E-state index contributed by atoms with van der Waals surface area (Å²) in [6.45, 7) is 8.63. The van der Waals surface area contributed by atoms with Crippen LogP contribution in [0.3, 0.4) is 0 Å². The molecule has 1 unspecified atom stereocenters. The van der Waals surface area contributed by atoms with Crippen LogP contribution in [0.2, 0.25) is 0 Å². The molecule has 0 fully saturated rings. The molecule has 1 N–H and O–H groups in total. The monoisotopic (exact) mass is 249 g/mol. The Bertz CT molecular complexity index is 338. The molecule has 0 aromatic carbocycles. The average molecular weight is 249 g/mol. The Morgan fingerprint density at radius 2 is 2.11 bits per heavy atom. The van der Waals surface area contributed by atoms with Crippen LogP contribution in [-0.4, -0.2) is 29.5 Å². The Kier molecular flexibility index (Phi) is 6.73. The number of hydrogen-bond acceptors (Lipinski definition) is 3. The van der Waals surface area contributed by atoms with Crippen LogP contribution >= 0.6 is 0 Å². The van der Waals surface area contributed by atoms with E-state index in [9.17, 15) is 0 Å². The fourth-order valence-corrected chi connectivity index (χ4v) is 1.99. The zero-order valence-corrected chi connectivity index (χ0v) is 12.2. The van der Waals surface area contributed by atoms with E-state index in [1.807, 2.05) is 12.3 Å². The first-order chi connectivity index (χ1) is 8.67. The largest absolute Gasteiger partial charge is 0.385 e. The van der Waals surface area contributed by atoms with Gasteiger partial charge in [-0.2, -0.15) is 0 Å². The molecular weight excluding hydrogens is 222 g/mol. The molecule has 1 heterocycles. The highest BCUT2D eigenvalue weighted by Gasteiger charge is 2.09. The van der Waals surface area contributed by atoms with Gasteiger partial charge in [0.25, 0.3) is 0 Å². The van der Waals surface area contributed by atoms with Crippen molar-refractivity contribution < 1.29 is 0 Å². The topological polar surface area (TPSA) is 28.2 Å². The Morgan fingerprint density at radius 3 is 2.78 bits per heavy atom. The first-order valence-corrected chi connectivity index (χ1v) is 7.06. The van der Waals surface area contributed by atoms with Gasteiger partial charge in [0.15, 0.2) is 0 Å². The van der Waals surface area contributed by atoms with Crippen LogP contribution in [0.15, 0.2) is 18.3 Å². The highest BCUT2D eigenvalue weighted by Crippen LogP contribution is 2.12. The summed E-state index contributed by atoms with van der Waals surface area (Å²) in [4.78, 5) is 6.82. The fourth-order valence-electron chi connectivity index (χ4n) is 1.99. The van der Waals surface area contributed by atoms with Gasteiger partial charge in [-0.25, -0.2) is 0 Å². The third kappa shape index (κ3) is 5.05. The van der Waals surface area contributed by atoms with E-state index in [0.29, 0.717) is 6.04 Å². The van der Waals surface area contributed by atoms with Gasteiger partial charge in [-0.1, -0.05) is 20.3 Å². The first kappa shape index (κ1) is 15.0. The molecule has 0 bridgehead atoms. The van der Waals surface area contributed by atoms with Crippen molar-refractivity contribution in [3.05, 3.63) is 24.0 Å². The summed E-state index contributed by atoms with van der Waals surface area (Å²) >= 11 is 0. The number of anilines is 1. The van der Waals surface area contributed by atoms with E-state index in [4.69, 9.17) is 0 Å². The van der Waals surface area contributed by atoms with Gasteiger partial charge in [-0.15, -0.1) is 0 Å². The average Bonchev–Trinajstić information content (AvgIpc) is 2.37. The summed E-state index contributed by atoms with van der Waals surface area (Å²) in [5.74, 6) is 0. The van der Waals surface area contributed by atoms with Crippen molar-refractivity contribution >= 4 is 5.69 Å². The molecule has 1 rings (SSSR count). The van der Waals surface area contributed by atoms with E-state index in [1.54, 1.807) is 0 Å². The minimum atomic E-state index is 0.615. The molecule has 0 aliphatic rings. The van der Waals surface area contributed by atoms with Crippen molar-refractivity contribution in [2.24, 2.45) is 0 Å². The molecule has 0 saturated carbocycles. The number of rotatable bonds is 8. The number of nitrogens with one attached hydrogen (secondary N) is 1. The lowest BCUT2D eigenvalue weighted by atomic mass is 10.1. The highest BCUT2D eigenvalue weighted by atomic mass is 15.1. The molecular formula is C15H27N3. The minimum absolute atomic E-state index is 0.615. The minimum Gasteiger partial charge on any atom is -0.385 e. The standard InChI is InChI=1S/C15H27N3/c1-5-7-13(3)18(4)12-15-11-14(8-10-17-15)16-9-6-2/h8,10-11,13H,5-7,9,12H2,1-4H3,(H,16,17). The van der Waals surface area contributed by atoms with E-state index in [-0.39, 0.29) is 0 Å². The van der Waals surface area contributed by atoms with E-state index in [2.05, 4.69) is 49.1 Å². The molecule has 18 heavy (non-hydrogen) atoms. The quantitative estimate of drug-likeness (QED) is 0.764. The van der Waals surface area contributed by atoms with Crippen LogP contribution < -0.4 is 5.32 Å². The number of nitrogens with zero attached hydrogens (tertiary/aromatic N) is 2. The third-order valence-corrected chi connectivity index (χ3v) is 3.27. The van der Waals surface area contributed by atoms with Gasteiger partial charge < -0.3 is 5.32 Å². The van der Waals surface area contributed by atoms with E-state index >= 15 is 0 Å². The van der Waals surface area contributed by atoms with Crippen LogP contribution in [0.4, 0.5) is 5.69 Å². The van der Waals surface area contributed by atoms with Gasteiger partial charge in [-0.05, 0) is 38.9 Å². The van der Waals surface area contributed by atoms with Gasteiger partial charge in [-0.3, -0.25) is 9.88 Å². The molecule has 0 spiro atoms. The smallest absolute Gasteiger partial charge is 0.0564 e. The summed E-state index contributed by atoms with van der Waals surface area (Å²) in [7, 11) is 2.17. The van der Waals surface area contributed by atoms with Gasteiger partial charge >= 0.3 is 0 Å². The summed E-state index contributed by atoms with van der Waals surface area (Å²) in [5, 5.41) is 3.40. The molecule has 1 aromatic heterocycles. The SMILES string of the molecule is CCCNc1ccnc(CN(C)C(C)CCC)c1. The second kappa shape index (κ2) is 8.09. The maximum Gasteiger partial charge on any atom is 0.0564 e. The van der Waals surface area contributed by atoms with Crippen molar-refractivity contribution in [1.82, 2.24) is 9.88 Å². The van der Waals surface area contributed by atoms with E-state index in [1.165, 1.54) is 18.5 Å². The molecule has 1 aromatic rings. The van der Waals surface area contributed by atoms with Gasteiger partial charge in [0.2, 0.25) is 0 Å². The normalized spacial score (nSPS) is 12.7. The lowest BCUT2D eigenvalue weighted by molar-refractivity contribution is 0.234. The van der Waals surface area contributed by atoms with Crippen molar-refractivity contribution in [1.29, 1.82) is 0 Å². The first-order valence-electron chi connectivity index (χ1n) is 7.06. The molecule has 3 nitrogen and oxygen atoms in total. The Labute approximate surface area is 112 Å². The van der Waals surface area contributed by atoms with Crippen molar-refractivity contribution in [2.75, 3.05) is 18.9 Å². The van der Waals surface area contributed by atoms with Crippen LogP contribution in [0.5, 0.6) is 0 Å². The molecule has 1 atom stereocenters. The van der Waals surface area contributed by atoms with Crippen molar-refractivity contribution in [3.63, 3.8) is 0 Å². The summed E-state index contributed by atoms with van der Waals surface area (Å²) in [6.07, 6.45) is 5.51. The Balaban J connectivity index is 2.55. The van der Waals surface area contributed by atoms with Crippen molar-refractivity contribution in [2.45, 2.75) is 52.6 Å². The van der Waals surface area contributed by atoms with Crippen LogP contribution in [0.1, 0.15) is 45.7 Å². The maximum atomic E-state index is 4.45. The van der Waals surface area contributed by atoms with E-state index in [0.717, 1.165) is 25.2 Å². The zero-order valence-electron chi connectivity index (χ0n) is 12.2. The van der Waals surface area contributed by atoms with Gasteiger partial charge in [0, 0.05) is 31.0 Å². The fraction of sp³-hybridized carbons (Fsp3) is 0.667. The lowest BCUT2D eigenvalue weighted by Crippen LogP contribution is -2.28. The second-order valence-electron chi connectivity index (χ2n) is 5.02. The molecule has 0 saturated heterocycles. The number of pyridine rings is 1. The summed E-state index contributed by atoms with van der Waals surface area (Å²) < 4.78 is 0. The Hall–Kier alpha value is -1.09. The molecule has 0 aliphatic heterocycles. The van der Waals surface area contributed by atoms with Crippen LogP contribution in [-0.2, 0) is 6.54 Å².